The van der Waals surface area contributed by atoms with Crippen LogP contribution in [-0.2, 0) is 20.0 Å². The van der Waals surface area contributed by atoms with Gasteiger partial charge in [0.05, 0.1) is 17.6 Å². The van der Waals surface area contributed by atoms with E-state index in [1.165, 1.54) is 16.9 Å². The fourth-order valence-corrected chi connectivity index (χ4v) is 3.78. The average Bonchev–Trinajstić information content (AvgIpc) is 3.26. The van der Waals surface area contributed by atoms with Crippen LogP contribution in [0.2, 0.25) is 0 Å². The Bertz CT molecular complexity index is 865. The van der Waals surface area contributed by atoms with Gasteiger partial charge in [-0.3, -0.25) is 14.8 Å². The number of carbonyl (C=O) groups is 1. The van der Waals surface area contributed by atoms with E-state index in [0.29, 0.717) is 22.7 Å². The molecule has 0 saturated carbocycles. The molecule has 0 fully saturated rings. The van der Waals surface area contributed by atoms with Gasteiger partial charge in [-0.05, 0) is 22.9 Å². The van der Waals surface area contributed by atoms with Gasteiger partial charge in [-0.2, -0.15) is 10.1 Å². The predicted octanol–water partition coefficient (Wildman–Crippen LogP) is 2.30. The zero-order valence-corrected chi connectivity index (χ0v) is 14.3. The minimum absolute atomic E-state index is 0.162. The van der Waals surface area contributed by atoms with Crippen LogP contribution in [0.1, 0.15) is 33.9 Å². The van der Waals surface area contributed by atoms with Gasteiger partial charge in [0.1, 0.15) is 5.82 Å². The molecule has 3 aromatic rings. The number of rotatable bonds is 3. The summed E-state index contributed by atoms with van der Waals surface area (Å²) < 4.78 is 3.73. The maximum atomic E-state index is 12.1. The number of nitrogens with one attached hydrogen (secondary N) is 1. The van der Waals surface area contributed by atoms with Gasteiger partial charge in [0.15, 0.2) is 0 Å². The second-order valence-electron chi connectivity index (χ2n) is 6.20. The third-order valence-corrected chi connectivity index (χ3v) is 5.30. The Morgan fingerprint density at radius 2 is 2.33 bits per heavy atom. The number of hydrogen-bond acceptors (Lipinski definition) is 5. The molecular weight excluding hydrogens is 324 g/mol. The molecule has 124 valence electrons. The number of anilines is 1. The summed E-state index contributed by atoms with van der Waals surface area (Å²) in [6.45, 7) is 2.98. The molecule has 0 radical (unpaired) electrons. The topological polar surface area (TPSA) is 77.6 Å². The van der Waals surface area contributed by atoms with Gasteiger partial charge in [0, 0.05) is 25.6 Å². The van der Waals surface area contributed by atoms with Crippen LogP contribution in [-0.4, -0.2) is 30.5 Å². The van der Waals surface area contributed by atoms with E-state index < -0.39 is 0 Å². The Balaban J connectivity index is 1.54. The van der Waals surface area contributed by atoms with Crippen molar-refractivity contribution < 1.29 is 4.79 Å². The summed E-state index contributed by atoms with van der Waals surface area (Å²) >= 11 is 1.40. The summed E-state index contributed by atoms with van der Waals surface area (Å²) in [6.07, 6.45) is 4.81. The van der Waals surface area contributed by atoms with Crippen LogP contribution >= 0.6 is 11.3 Å². The van der Waals surface area contributed by atoms with Crippen molar-refractivity contribution >= 4 is 23.2 Å². The Morgan fingerprint density at radius 3 is 3.04 bits per heavy atom. The Morgan fingerprint density at radius 1 is 1.46 bits per heavy atom. The second kappa shape index (κ2) is 5.86. The first kappa shape index (κ1) is 15.1. The first-order chi connectivity index (χ1) is 11.6. The number of hydrogen-bond donors (Lipinski definition) is 1. The Hall–Kier alpha value is -2.48. The molecule has 2 atom stereocenters. The van der Waals surface area contributed by atoms with Gasteiger partial charge in [0.25, 0.3) is 5.91 Å². The number of carbonyl (C=O) groups excluding carboxylic acids is 1. The number of fused-ring (bicyclic) bond motifs is 1. The van der Waals surface area contributed by atoms with Crippen LogP contribution in [0.3, 0.4) is 0 Å². The smallest absolute Gasteiger partial charge is 0.268 e. The van der Waals surface area contributed by atoms with Crippen molar-refractivity contribution in [3.63, 3.8) is 0 Å². The molecule has 2 unspecified atom stereocenters. The first-order valence-corrected chi connectivity index (χ1v) is 8.75. The lowest BCUT2D eigenvalue weighted by molar-refractivity contribution is 0.102. The Labute approximate surface area is 143 Å². The van der Waals surface area contributed by atoms with Crippen molar-refractivity contribution in [1.29, 1.82) is 0 Å². The molecule has 0 saturated heterocycles. The molecule has 1 amide bonds. The fraction of sp³-hybridized carbons (Fsp3) is 0.375. The normalized spacial score (nSPS) is 19.9. The highest BCUT2D eigenvalue weighted by molar-refractivity contribution is 7.12. The number of amides is 1. The standard InChI is InChI=1S/C16H18N6OS/c1-10-6-14-18-16(19-15(23)13-4-3-5-24-13)20-22(14)9-12(10)11-7-17-21(2)8-11/h3-5,7-8,10,12H,6,9H2,1-2H3,(H,19,20,23). The summed E-state index contributed by atoms with van der Waals surface area (Å²) in [6, 6.07) is 3.64. The molecule has 24 heavy (non-hydrogen) atoms. The van der Waals surface area contributed by atoms with Gasteiger partial charge < -0.3 is 0 Å². The van der Waals surface area contributed by atoms with Gasteiger partial charge >= 0.3 is 0 Å². The molecule has 3 aromatic heterocycles. The molecule has 7 nitrogen and oxygen atoms in total. The van der Waals surface area contributed by atoms with E-state index >= 15 is 0 Å². The minimum atomic E-state index is -0.162. The first-order valence-electron chi connectivity index (χ1n) is 7.87. The van der Waals surface area contributed by atoms with Gasteiger partial charge in [-0.1, -0.05) is 13.0 Å². The summed E-state index contributed by atoms with van der Waals surface area (Å²) in [4.78, 5) is 17.3. The fourth-order valence-electron chi connectivity index (χ4n) is 3.16. The number of aryl methyl sites for hydroxylation is 1. The maximum absolute atomic E-state index is 12.1. The quantitative estimate of drug-likeness (QED) is 0.792. The molecule has 0 aliphatic carbocycles. The summed E-state index contributed by atoms with van der Waals surface area (Å²) in [5, 5.41) is 13.4. The minimum Gasteiger partial charge on any atom is -0.288 e. The number of thiophene rings is 1. The van der Waals surface area contributed by atoms with Crippen molar-refractivity contribution in [3.8, 4) is 0 Å². The van der Waals surface area contributed by atoms with Crippen molar-refractivity contribution in [2.75, 3.05) is 5.32 Å². The molecule has 8 heteroatoms. The highest BCUT2D eigenvalue weighted by Gasteiger charge is 2.30. The highest BCUT2D eigenvalue weighted by atomic mass is 32.1. The second-order valence-corrected chi connectivity index (χ2v) is 7.15. The van der Waals surface area contributed by atoms with E-state index in [4.69, 9.17) is 0 Å². The van der Waals surface area contributed by atoms with Crippen molar-refractivity contribution in [2.45, 2.75) is 25.8 Å². The monoisotopic (exact) mass is 342 g/mol. The lowest BCUT2D eigenvalue weighted by Gasteiger charge is -2.27. The lowest BCUT2D eigenvalue weighted by atomic mass is 9.84. The average molecular weight is 342 g/mol. The van der Waals surface area contributed by atoms with E-state index in [9.17, 15) is 4.79 Å². The molecule has 1 aliphatic rings. The predicted molar refractivity (Wildman–Crippen MR) is 91.1 cm³/mol. The zero-order chi connectivity index (χ0) is 16.7. The number of nitrogens with zero attached hydrogens (tertiary/aromatic N) is 5. The molecule has 1 N–H and O–H groups in total. The molecule has 0 aromatic carbocycles. The van der Waals surface area contributed by atoms with Crippen LogP contribution in [0.15, 0.2) is 29.9 Å². The van der Waals surface area contributed by atoms with Crippen LogP contribution in [0.4, 0.5) is 5.95 Å². The number of aromatic nitrogens is 5. The molecule has 0 spiro atoms. The zero-order valence-electron chi connectivity index (χ0n) is 13.5. The summed E-state index contributed by atoms with van der Waals surface area (Å²) in [7, 11) is 1.93. The van der Waals surface area contributed by atoms with E-state index in [2.05, 4.69) is 33.6 Å². The highest BCUT2D eigenvalue weighted by Crippen LogP contribution is 2.33. The van der Waals surface area contributed by atoms with Crippen molar-refractivity contribution in [1.82, 2.24) is 24.5 Å². The van der Waals surface area contributed by atoms with Crippen molar-refractivity contribution in [2.24, 2.45) is 13.0 Å². The van der Waals surface area contributed by atoms with Crippen LogP contribution in [0, 0.1) is 5.92 Å². The molecule has 4 rings (SSSR count). The van der Waals surface area contributed by atoms with Crippen molar-refractivity contribution in [3.05, 3.63) is 46.2 Å². The van der Waals surface area contributed by atoms with E-state index in [1.54, 1.807) is 6.07 Å². The maximum Gasteiger partial charge on any atom is 0.268 e. The van der Waals surface area contributed by atoms with Gasteiger partial charge in [-0.15, -0.1) is 16.4 Å². The van der Waals surface area contributed by atoms with Crippen LogP contribution < -0.4 is 5.32 Å². The Kier molecular flexibility index (Phi) is 3.68. The third-order valence-electron chi connectivity index (χ3n) is 4.43. The summed E-state index contributed by atoms with van der Waals surface area (Å²) in [5.41, 5.74) is 1.22. The molecule has 0 bridgehead atoms. The molecule has 1 aliphatic heterocycles. The van der Waals surface area contributed by atoms with E-state index in [-0.39, 0.29) is 5.91 Å². The third kappa shape index (κ3) is 2.73. The van der Waals surface area contributed by atoms with Gasteiger partial charge in [0.2, 0.25) is 5.95 Å². The molecule has 4 heterocycles. The SMILES string of the molecule is CC1Cc2nc(NC(=O)c3cccs3)nn2CC1c1cnn(C)c1. The summed E-state index contributed by atoms with van der Waals surface area (Å²) in [5.74, 6) is 1.94. The van der Waals surface area contributed by atoms with Crippen LogP contribution in [0.5, 0.6) is 0 Å². The lowest BCUT2D eigenvalue weighted by Crippen LogP contribution is -2.26. The molecular formula is C16H18N6OS. The van der Waals surface area contributed by atoms with Gasteiger partial charge in [-0.25, -0.2) is 4.68 Å². The van der Waals surface area contributed by atoms with Crippen LogP contribution in [0.25, 0.3) is 0 Å². The van der Waals surface area contributed by atoms with E-state index in [0.717, 1.165) is 18.8 Å². The van der Waals surface area contributed by atoms with E-state index in [1.807, 2.05) is 34.1 Å². The largest absolute Gasteiger partial charge is 0.288 e.